The summed E-state index contributed by atoms with van der Waals surface area (Å²) in [5.41, 5.74) is 0. The number of carbonyl (C=O) groups is 1. The summed E-state index contributed by atoms with van der Waals surface area (Å²) in [7, 11) is -3.70. The smallest absolute Gasteiger partial charge is 0.240 e. The molecule has 1 aliphatic heterocycles. The molecular formula is C18H25FN2O5S. The molecule has 1 saturated carbocycles. The number of benzene rings is 1. The van der Waals surface area contributed by atoms with Gasteiger partial charge in [-0.1, -0.05) is 0 Å². The topological polar surface area (TPSA) is 105 Å². The molecule has 1 aliphatic carbocycles. The van der Waals surface area contributed by atoms with Crippen LogP contribution in [0.2, 0.25) is 0 Å². The molecule has 9 heteroatoms. The first kappa shape index (κ1) is 20.2. The Bertz CT molecular complexity index is 752. The Labute approximate surface area is 158 Å². The first-order valence-corrected chi connectivity index (χ1v) is 10.7. The van der Waals surface area contributed by atoms with Gasteiger partial charge >= 0.3 is 0 Å². The number of sulfonamides is 1. The molecule has 3 rings (SSSR count). The van der Waals surface area contributed by atoms with Crippen molar-refractivity contribution in [3.05, 3.63) is 30.1 Å². The molecule has 0 radical (unpaired) electrons. The number of aliphatic hydroxyl groups is 1. The highest BCUT2D eigenvalue weighted by Gasteiger charge is 2.36. The predicted octanol–water partition coefficient (Wildman–Crippen LogP) is 0.929. The molecule has 1 amide bonds. The van der Waals surface area contributed by atoms with Crippen LogP contribution in [0.15, 0.2) is 29.2 Å². The van der Waals surface area contributed by atoms with E-state index in [2.05, 4.69) is 10.0 Å². The third-order valence-corrected chi connectivity index (χ3v) is 6.43. The van der Waals surface area contributed by atoms with Gasteiger partial charge in [-0.05, 0) is 56.4 Å². The molecule has 7 nitrogen and oxygen atoms in total. The summed E-state index contributed by atoms with van der Waals surface area (Å²) < 4.78 is 45.6. The highest BCUT2D eigenvalue weighted by atomic mass is 32.2. The van der Waals surface area contributed by atoms with Crippen LogP contribution >= 0.6 is 0 Å². The number of amides is 1. The SMILES string of the molecule is O=C(N[C@H]1CC[C@H](CCNS(=O)(=O)c2ccc(F)cc2)O[C@H]1CO)C1CC1. The van der Waals surface area contributed by atoms with E-state index in [1.54, 1.807) is 0 Å². The van der Waals surface area contributed by atoms with Gasteiger partial charge in [-0.15, -0.1) is 0 Å². The maximum Gasteiger partial charge on any atom is 0.240 e. The van der Waals surface area contributed by atoms with E-state index in [4.69, 9.17) is 4.74 Å². The number of hydrogen-bond acceptors (Lipinski definition) is 5. The van der Waals surface area contributed by atoms with Crippen LogP contribution in [0.5, 0.6) is 0 Å². The van der Waals surface area contributed by atoms with Crippen LogP contribution in [0.3, 0.4) is 0 Å². The molecule has 2 fully saturated rings. The Morgan fingerprint density at radius 1 is 1.19 bits per heavy atom. The van der Waals surface area contributed by atoms with Crippen molar-refractivity contribution in [2.75, 3.05) is 13.2 Å². The summed E-state index contributed by atoms with van der Waals surface area (Å²) in [5, 5.41) is 12.5. The zero-order valence-electron chi connectivity index (χ0n) is 14.9. The Kier molecular flexibility index (Phi) is 6.46. The van der Waals surface area contributed by atoms with E-state index in [0.717, 1.165) is 25.0 Å². The Hall–Kier alpha value is -1.55. The van der Waals surface area contributed by atoms with E-state index in [1.807, 2.05) is 0 Å². The zero-order chi connectivity index (χ0) is 19.4. The van der Waals surface area contributed by atoms with Gasteiger partial charge in [0, 0.05) is 12.5 Å². The zero-order valence-corrected chi connectivity index (χ0v) is 15.8. The first-order valence-electron chi connectivity index (χ1n) is 9.21. The third-order valence-electron chi connectivity index (χ3n) is 4.95. The maximum absolute atomic E-state index is 12.9. The summed E-state index contributed by atoms with van der Waals surface area (Å²) in [5.74, 6) is -0.376. The molecule has 2 aliphatic rings. The fourth-order valence-corrected chi connectivity index (χ4v) is 4.25. The van der Waals surface area contributed by atoms with E-state index in [1.165, 1.54) is 12.1 Å². The van der Waals surface area contributed by atoms with Crippen LogP contribution in [0.1, 0.15) is 32.1 Å². The van der Waals surface area contributed by atoms with Crippen LogP contribution in [0.25, 0.3) is 0 Å². The molecule has 3 N–H and O–H groups in total. The second kappa shape index (κ2) is 8.64. The van der Waals surface area contributed by atoms with Gasteiger partial charge in [-0.3, -0.25) is 4.79 Å². The number of carbonyl (C=O) groups excluding carboxylic acids is 1. The van der Waals surface area contributed by atoms with Gasteiger partial charge in [0.05, 0.1) is 23.6 Å². The van der Waals surface area contributed by atoms with Crippen molar-refractivity contribution in [1.82, 2.24) is 10.0 Å². The monoisotopic (exact) mass is 400 g/mol. The molecule has 1 aromatic carbocycles. The standard InChI is InChI=1S/C18H25FN2O5S/c19-13-3-6-15(7-4-13)27(24,25)20-10-9-14-5-8-16(17(11-22)26-14)21-18(23)12-1-2-12/h3-4,6-7,12,14,16-17,20,22H,1-2,5,8-11H2,(H,21,23)/t14-,16+,17+/m1/s1. The number of halogens is 1. The number of ether oxygens (including phenoxy) is 1. The number of nitrogens with one attached hydrogen (secondary N) is 2. The molecule has 1 aromatic rings. The molecule has 27 heavy (non-hydrogen) atoms. The Balaban J connectivity index is 1.46. The number of rotatable bonds is 8. The van der Waals surface area contributed by atoms with Crippen molar-refractivity contribution in [3.8, 4) is 0 Å². The molecule has 0 spiro atoms. The van der Waals surface area contributed by atoms with Crippen LogP contribution in [0.4, 0.5) is 4.39 Å². The summed E-state index contributed by atoms with van der Waals surface area (Å²) >= 11 is 0. The summed E-state index contributed by atoms with van der Waals surface area (Å²) in [6.07, 6.45) is 2.94. The average molecular weight is 400 g/mol. The summed E-state index contributed by atoms with van der Waals surface area (Å²) in [4.78, 5) is 11.9. The van der Waals surface area contributed by atoms with Crippen molar-refractivity contribution < 1.29 is 27.4 Å². The predicted molar refractivity (Wildman–Crippen MR) is 95.8 cm³/mol. The lowest BCUT2D eigenvalue weighted by Crippen LogP contribution is -2.51. The minimum atomic E-state index is -3.70. The molecule has 150 valence electrons. The number of aliphatic hydroxyl groups excluding tert-OH is 1. The minimum Gasteiger partial charge on any atom is -0.394 e. The fraction of sp³-hybridized carbons (Fsp3) is 0.611. The van der Waals surface area contributed by atoms with Crippen molar-refractivity contribution >= 4 is 15.9 Å². The largest absolute Gasteiger partial charge is 0.394 e. The van der Waals surface area contributed by atoms with Crippen molar-refractivity contribution in [2.45, 2.75) is 55.2 Å². The maximum atomic E-state index is 12.9. The lowest BCUT2D eigenvalue weighted by Gasteiger charge is -2.36. The first-order chi connectivity index (χ1) is 12.9. The van der Waals surface area contributed by atoms with Gasteiger partial charge in [0.25, 0.3) is 0 Å². The van der Waals surface area contributed by atoms with Gasteiger partial charge in [0.15, 0.2) is 0 Å². The second-order valence-corrected chi connectivity index (χ2v) is 8.85. The highest BCUT2D eigenvalue weighted by Crippen LogP contribution is 2.30. The molecule has 1 heterocycles. The van der Waals surface area contributed by atoms with Crippen LogP contribution in [-0.4, -0.2) is 50.8 Å². The van der Waals surface area contributed by atoms with E-state index in [9.17, 15) is 22.7 Å². The van der Waals surface area contributed by atoms with Crippen LogP contribution in [0, 0.1) is 11.7 Å². The normalized spacial score (nSPS) is 25.9. The highest BCUT2D eigenvalue weighted by molar-refractivity contribution is 7.89. The van der Waals surface area contributed by atoms with Crippen molar-refractivity contribution in [2.24, 2.45) is 5.92 Å². The van der Waals surface area contributed by atoms with Crippen molar-refractivity contribution in [3.63, 3.8) is 0 Å². The second-order valence-electron chi connectivity index (χ2n) is 7.09. The van der Waals surface area contributed by atoms with Crippen LogP contribution < -0.4 is 10.0 Å². The van der Waals surface area contributed by atoms with Gasteiger partial charge in [-0.2, -0.15) is 0 Å². The lowest BCUT2D eigenvalue weighted by molar-refractivity contribution is -0.129. The minimum absolute atomic E-state index is 0.00421. The van der Waals surface area contributed by atoms with Crippen LogP contribution in [-0.2, 0) is 19.6 Å². The average Bonchev–Trinajstić information content (AvgIpc) is 3.48. The van der Waals surface area contributed by atoms with E-state index >= 15 is 0 Å². The summed E-state index contributed by atoms with van der Waals surface area (Å²) in [6.45, 7) is -0.0327. The molecular weight excluding hydrogens is 375 g/mol. The Morgan fingerprint density at radius 2 is 1.89 bits per heavy atom. The lowest BCUT2D eigenvalue weighted by atomic mass is 9.97. The van der Waals surface area contributed by atoms with Gasteiger partial charge < -0.3 is 15.2 Å². The molecule has 0 aromatic heterocycles. The number of hydrogen-bond donors (Lipinski definition) is 3. The van der Waals surface area contributed by atoms with Crippen molar-refractivity contribution in [1.29, 1.82) is 0 Å². The Morgan fingerprint density at radius 3 is 2.52 bits per heavy atom. The van der Waals surface area contributed by atoms with Gasteiger partial charge in [0.2, 0.25) is 15.9 Å². The third kappa shape index (κ3) is 5.47. The summed E-state index contributed by atoms with van der Waals surface area (Å²) in [6, 6.07) is 4.41. The van der Waals surface area contributed by atoms with E-state index in [0.29, 0.717) is 19.3 Å². The van der Waals surface area contributed by atoms with Gasteiger partial charge in [0.1, 0.15) is 11.9 Å². The molecule has 3 atom stereocenters. The molecule has 0 bridgehead atoms. The quantitative estimate of drug-likeness (QED) is 0.602. The van der Waals surface area contributed by atoms with E-state index < -0.39 is 21.9 Å². The fourth-order valence-electron chi connectivity index (χ4n) is 3.21. The molecule has 1 saturated heterocycles. The van der Waals surface area contributed by atoms with Gasteiger partial charge in [-0.25, -0.2) is 17.5 Å². The van der Waals surface area contributed by atoms with E-state index in [-0.39, 0.29) is 42.0 Å². The molecule has 0 unspecified atom stereocenters.